The van der Waals surface area contributed by atoms with Gasteiger partial charge in [-0.15, -0.1) is 0 Å². The molecule has 1 aliphatic heterocycles. The number of hydrogen-bond donors (Lipinski definition) is 0. The van der Waals surface area contributed by atoms with E-state index in [0.717, 1.165) is 29.5 Å². The zero-order valence-electron chi connectivity index (χ0n) is 15.6. The molecule has 2 heterocycles. The van der Waals surface area contributed by atoms with Crippen molar-refractivity contribution in [3.8, 4) is 5.75 Å². The van der Waals surface area contributed by atoms with Crippen molar-refractivity contribution in [2.75, 3.05) is 37.7 Å². The summed E-state index contributed by atoms with van der Waals surface area (Å²) in [6.45, 7) is 7.33. The summed E-state index contributed by atoms with van der Waals surface area (Å²) in [7, 11) is 0. The zero-order chi connectivity index (χ0) is 18.8. The molecule has 0 spiro atoms. The number of fused-ring (bicyclic) bond motifs is 1. The molecule has 2 aromatic carbocycles. The van der Waals surface area contributed by atoms with Crippen LogP contribution in [0, 0.1) is 13.8 Å². The summed E-state index contributed by atoms with van der Waals surface area (Å²) >= 11 is 1.74. The Balaban J connectivity index is 1.36. The number of aromatic nitrogens is 1. The van der Waals surface area contributed by atoms with E-state index in [1.165, 1.54) is 15.8 Å². The lowest BCUT2D eigenvalue weighted by Crippen LogP contribution is -2.50. The van der Waals surface area contributed by atoms with Gasteiger partial charge in [-0.25, -0.2) is 4.98 Å². The molecule has 1 saturated heterocycles. The number of carbonyl (C=O) groups excluding carboxylic acids is 1. The second-order valence-corrected chi connectivity index (χ2v) is 7.87. The molecule has 0 bridgehead atoms. The van der Waals surface area contributed by atoms with Crippen LogP contribution >= 0.6 is 11.3 Å². The van der Waals surface area contributed by atoms with Crippen LogP contribution in [0.1, 0.15) is 11.1 Å². The van der Waals surface area contributed by atoms with E-state index in [1.54, 1.807) is 11.3 Å². The Morgan fingerprint density at radius 1 is 1.11 bits per heavy atom. The van der Waals surface area contributed by atoms with E-state index in [1.807, 2.05) is 35.2 Å². The topological polar surface area (TPSA) is 45.7 Å². The number of benzene rings is 2. The van der Waals surface area contributed by atoms with Gasteiger partial charge >= 0.3 is 0 Å². The van der Waals surface area contributed by atoms with Crippen molar-refractivity contribution in [3.05, 3.63) is 53.6 Å². The van der Waals surface area contributed by atoms with Crippen LogP contribution in [0.4, 0.5) is 5.13 Å². The van der Waals surface area contributed by atoms with Gasteiger partial charge in [0.05, 0.1) is 10.2 Å². The molecule has 0 atom stereocenters. The third kappa shape index (κ3) is 3.90. The number of hydrogen-bond acceptors (Lipinski definition) is 5. The highest BCUT2D eigenvalue weighted by atomic mass is 32.1. The number of nitrogens with zero attached hydrogens (tertiary/aromatic N) is 3. The second-order valence-electron chi connectivity index (χ2n) is 6.90. The van der Waals surface area contributed by atoms with Gasteiger partial charge < -0.3 is 14.5 Å². The van der Waals surface area contributed by atoms with Crippen molar-refractivity contribution in [3.63, 3.8) is 0 Å². The number of anilines is 1. The molecule has 1 aliphatic rings. The number of piperazine rings is 1. The Hall–Kier alpha value is -2.60. The van der Waals surface area contributed by atoms with E-state index >= 15 is 0 Å². The van der Waals surface area contributed by atoms with E-state index in [4.69, 9.17) is 9.72 Å². The number of ether oxygens (including phenoxy) is 1. The Kier molecular flexibility index (Phi) is 4.99. The van der Waals surface area contributed by atoms with Crippen LogP contribution in [-0.4, -0.2) is 48.6 Å². The quantitative estimate of drug-likeness (QED) is 0.692. The first kappa shape index (κ1) is 17.8. The van der Waals surface area contributed by atoms with Crippen LogP contribution in [0.5, 0.6) is 5.75 Å². The molecule has 4 rings (SSSR count). The summed E-state index contributed by atoms with van der Waals surface area (Å²) in [5.41, 5.74) is 3.59. The molecule has 0 N–H and O–H groups in total. The molecular formula is C21H23N3O2S. The second kappa shape index (κ2) is 7.56. The lowest BCUT2D eigenvalue weighted by atomic mass is 10.1. The average molecular weight is 382 g/mol. The third-order valence-electron chi connectivity index (χ3n) is 4.82. The Morgan fingerprint density at radius 2 is 1.85 bits per heavy atom. The van der Waals surface area contributed by atoms with Crippen molar-refractivity contribution in [2.45, 2.75) is 13.8 Å². The number of amides is 1. The molecule has 5 nitrogen and oxygen atoms in total. The van der Waals surface area contributed by atoms with E-state index in [2.05, 4.69) is 30.9 Å². The molecule has 1 fully saturated rings. The Labute approximate surface area is 163 Å². The highest BCUT2D eigenvalue weighted by Gasteiger charge is 2.23. The van der Waals surface area contributed by atoms with Crippen LogP contribution in [0.2, 0.25) is 0 Å². The molecule has 140 valence electrons. The monoisotopic (exact) mass is 381 g/mol. The normalized spacial score (nSPS) is 14.6. The van der Waals surface area contributed by atoms with Crippen molar-refractivity contribution < 1.29 is 9.53 Å². The van der Waals surface area contributed by atoms with Crippen LogP contribution in [0.25, 0.3) is 10.2 Å². The fourth-order valence-electron chi connectivity index (χ4n) is 3.40. The van der Waals surface area contributed by atoms with Crippen LogP contribution in [-0.2, 0) is 4.79 Å². The summed E-state index contributed by atoms with van der Waals surface area (Å²) in [5, 5.41) is 1.05. The van der Waals surface area contributed by atoms with Crippen molar-refractivity contribution >= 4 is 32.6 Å². The van der Waals surface area contributed by atoms with E-state index in [0.29, 0.717) is 13.1 Å². The fourth-order valence-corrected chi connectivity index (χ4v) is 4.47. The standard InChI is InChI=1S/C21H23N3O2S/c1-15-12-16(2)20-18(13-15)22-21(27-20)24-10-8-23(9-11-24)19(25)14-26-17-6-4-3-5-7-17/h3-7,12-13H,8-11,14H2,1-2H3. The van der Waals surface area contributed by atoms with Crippen LogP contribution in [0.3, 0.4) is 0 Å². The van der Waals surface area contributed by atoms with Gasteiger partial charge in [-0.05, 0) is 43.2 Å². The minimum absolute atomic E-state index is 0.0364. The predicted molar refractivity (Wildman–Crippen MR) is 110 cm³/mol. The van der Waals surface area contributed by atoms with Gasteiger partial charge in [0.25, 0.3) is 5.91 Å². The molecule has 1 aromatic heterocycles. The predicted octanol–water partition coefficient (Wildman–Crippen LogP) is 3.64. The van der Waals surface area contributed by atoms with Gasteiger partial charge in [0.1, 0.15) is 5.75 Å². The maximum atomic E-state index is 12.4. The van der Waals surface area contributed by atoms with E-state index in [-0.39, 0.29) is 12.5 Å². The molecule has 0 aliphatic carbocycles. The highest BCUT2D eigenvalue weighted by Crippen LogP contribution is 2.32. The smallest absolute Gasteiger partial charge is 0.260 e. The fraction of sp³-hybridized carbons (Fsp3) is 0.333. The van der Waals surface area contributed by atoms with Crippen molar-refractivity contribution in [1.82, 2.24) is 9.88 Å². The van der Waals surface area contributed by atoms with Crippen molar-refractivity contribution in [2.24, 2.45) is 0 Å². The molecule has 6 heteroatoms. The molecule has 0 unspecified atom stereocenters. The van der Waals surface area contributed by atoms with Gasteiger partial charge in [-0.2, -0.15) is 0 Å². The van der Waals surface area contributed by atoms with Crippen LogP contribution in [0.15, 0.2) is 42.5 Å². The zero-order valence-corrected chi connectivity index (χ0v) is 16.5. The van der Waals surface area contributed by atoms with Gasteiger partial charge in [0, 0.05) is 26.2 Å². The Morgan fingerprint density at radius 3 is 2.59 bits per heavy atom. The number of carbonyl (C=O) groups is 1. The summed E-state index contributed by atoms with van der Waals surface area (Å²) in [6.07, 6.45) is 0. The molecule has 3 aromatic rings. The number of aryl methyl sites for hydroxylation is 2. The molecule has 0 saturated carbocycles. The summed E-state index contributed by atoms with van der Waals surface area (Å²) in [6, 6.07) is 13.8. The number of thiazole rings is 1. The molecular weight excluding hydrogens is 358 g/mol. The maximum Gasteiger partial charge on any atom is 0.260 e. The van der Waals surface area contributed by atoms with Crippen LogP contribution < -0.4 is 9.64 Å². The highest BCUT2D eigenvalue weighted by molar-refractivity contribution is 7.22. The first-order valence-electron chi connectivity index (χ1n) is 9.18. The average Bonchev–Trinajstić information content (AvgIpc) is 3.11. The lowest BCUT2D eigenvalue weighted by Gasteiger charge is -2.34. The number of para-hydroxylation sites is 1. The number of rotatable bonds is 4. The minimum Gasteiger partial charge on any atom is -0.484 e. The van der Waals surface area contributed by atoms with Gasteiger partial charge in [-0.3, -0.25) is 4.79 Å². The van der Waals surface area contributed by atoms with Gasteiger partial charge in [-0.1, -0.05) is 35.6 Å². The maximum absolute atomic E-state index is 12.4. The summed E-state index contributed by atoms with van der Waals surface area (Å²) < 4.78 is 6.84. The van der Waals surface area contributed by atoms with E-state index in [9.17, 15) is 4.79 Å². The lowest BCUT2D eigenvalue weighted by molar-refractivity contribution is -0.133. The van der Waals surface area contributed by atoms with Gasteiger partial charge in [0.2, 0.25) is 0 Å². The SMILES string of the molecule is Cc1cc(C)c2sc(N3CCN(C(=O)COc4ccccc4)CC3)nc2c1. The summed E-state index contributed by atoms with van der Waals surface area (Å²) in [5.74, 6) is 0.763. The first-order valence-corrected chi connectivity index (χ1v) is 10.00. The largest absolute Gasteiger partial charge is 0.484 e. The molecule has 1 amide bonds. The van der Waals surface area contributed by atoms with Gasteiger partial charge in [0.15, 0.2) is 11.7 Å². The first-order chi connectivity index (χ1) is 13.1. The molecule has 0 radical (unpaired) electrons. The summed E-state index contributed by atoms with van der Waals surface area (Å²) in [4.78, 5) is 21.4. The van der Waals surface area contributed by atoms with E-state index < -0.39 is 0 Å². The van der Waals surface area contributed by atoms with Crippen molar-refractivity contribution in [1.29, 1.82) is 0 Å². The Bertz CT molecular complexity index is 947. The minimum atomic E-state index is 0.0364. The third-order valence-corrected chi connectivity index (χ3v) is 6.08. The molecule has 27 heavy (non-hydrogen) atoms.